The van der Waals surface area contributed by atoms with Crippen LogP contribution in [-0.4, -0.2) is 55.0 Å². The Bertz CT molecular complexity index is 571. The van der Waals surface area contributed by atoms with Crippen molar-refractivity contribution in [3.8, 4) is 0 Å². The molecule has 2 atom stereocenters. The molecule has 112 valence electrons. The third kappa shape index (κ3) is 2.27. The van der Waals surface area contributed by atoms with Gasteiger partial charge in [0, 0.05) is 37.8 Å². The lowest BCUT2D eigenvalue weighted by Crippen LogP contribution is -2.39. The number of nitrogens with one attached hydrogen (secondary N) is 1. The van der Waals surface area contributed by atoms with Crippen LogP contribution in [-0.2, 0) is 13.0 Å². The van der Waals surface area contributed by atoms with Crippen LogP contribution in [0.5, 0.6) is 0 Å². The van der Waals surface area contributed by atoms with E-state index in [4.69, 9.17) is 0 Å². The SMILES string of the molecule is CN1C[C@@H]2CCN(C(=O)c3ccc4c(c3)CCNC4)[C@@H]2C1. The molecule has 2 saturated heterocycles. The number of rotatable bonds is 1. The van der Waals surface area contributed by atoms with E-state index in [0.717, 1.165) is 51.1 Å². The van der Waals surface area contributed by atoms with Crippen molar-refractivity contribution in [3.05, 3.63) is 34.9 Å². The van der Waals surface area contributed by atoms with Gasteiger partial charge in [-0.2, -0.15) is 0 Å². The molecule has 0 spiro atoms. The predicted octanol–water partition coefficient (Wildman–Crippen LogP) is 1.11. The van der Waals surface area contributed by atoms with Crippen molar-refractivity contribution in [1.82, 2.24) is 15.1 Å². The molecule has 3 aliphatic rings. The summed E-state index contributed by atoms with van der Waals surface area (Å²) < 4.78 is 0. The van der Waals surface area contributed by atoms with E-state index in [2.05, 4.69) is 34.3 Å². The zero-order valence-corrected chi connectivity index (χ0v) is 12.6. The van der Waals surface area contributed by atoms with Gasteiger partial charge in [-0.3, -0.25) is 4.79 Å². The van der Waals surface area contributed by atoms with E-state index >= 15 is 0 Å². The van der Waals surface area contributed by atoms with Gasteiger partial charge in [-0.15, -0.1) is 0 Å². The number of likely N-dealkylation sites (N-methyl/N-ethyl adjacent to an activating group) is 1. The van der Waals surface area contributed by atoms with Gasteiger partial charge >= 0.3 is 0 Å². The Hall–Kier alpha value is -1.39. The molecule has 0 unspecified atom stereocenters. The molecule has 0 bridgehead atoms. The second kappa shape index (κ2) is 5.11. The van der Waals surface area contributed by atoms with Crippen molar-refractivity contribution in [2.45, 2.75) is 25.4 Å². The number of likely N-dealkylation sites (tertiary alicyclic amines) is 2. The van der Waals surface area contributed by atoms with Crippen LogP contribution in [0.1, 0.15) is 27.9 Å². The Morgan fingerprint density at radius 3 is 3.10 bits per heavy atom. The smallest absolute Gasteiger partial charge is 0.254 e. The quantitative estimate of drug-likeness (QED) is 0.839. The van der Waals surface area contributed by atoms with Crippen LogP contribution in [0.2, 0.25) is 0 Å². The molecule has 4 rings (SSSR count). The summed E-state index contributed by atoms with van der Waals surface area (Å²) in [6.07, 6.45) is 2.20. The van der Waals surface area contributed by atoms with E-state index in [9.17, 15) is 4.79 Å². The maximum Gasteiger partial charge on any atom is 0.254 e. The van der Waals surface area contributed by atoms with Gasteiger partial charge in [0.2, 0.25) is 0 Å². The number of hydrogen-bond donors (Lipinski definition) is 1. The lowest BCUT2D eigenvalue weighted by molar-refractivity contribution is 0.0729. The topological polar surface area (TPSA) is 35.6 Å². The summed E-state index contributed by atoms with van der Waals surface area (Å²) in [6.45, 7) is 5.06. The normalized spacial score (nSPS) is 28.5. The number of carbonyl (C=O) groups excluding carboxylic acids is 1. The lowest BCUT2D eigenvalue weighted by Gasteiger charge is -2.25. The Kier molecular flexibility index (Phi) is 3.23. The summed E-state index contributed by atoms with van der Waals surface area (Å²) in [6, 6.07) is 6.70. The highest BCUT2D eigenvalue weighted by molar-refractivity contribution is 5.95. The largest absolute Gasteiger partial charge is 0.334 e. The van der Waals surface area contributed by atoms with E-state index in [-0.39, 0.29) is 5.91 Å². The molecule has 0 saturated carbocycles. The van der Waals surface area contributed by atoms with E-state index in [0.29, 0.717) is 12.0 Å². The first-order chi connectivity index (χ1) is 10.2. The fourth-order valence-electron chi connectivity index (χ4n) is 4.20. The lowest BCUT2D eigenvalue weighted by atomic mass is 9.98. The average molecular weight is 285 g/mol. The number of hydrogen-bond acceptors (Lipinski definition) is 3. The van der Waals surface area contributed by atoms with E-state index in [1.54, 1.807) is 0 Å². The molecule has 3 aliphatic heterocycles. The third-order valence-corrected chi connectivity index (χ3v) is 5.33. The van der Waals surface area contributed by atoms with Crippen LogP contribution in [0.3, 0.4) is 0 Å². The molecular formula is C17H23N3O. The number of benzene rings is 1. The molecule has 1 aromatic rings. The van der Waals surface area contributed by atoms with Crippen LogP contribution in [0, 0.1) is 5.92 Å². The minimum Gasteiger partial charge on any atom is -0.334 e. The first-order valence-corrected chi connectivity index (χ1v) is 8.04. The number of carbonyl (C=O) groups is 1. The molecule has 1 N–H and O–H groups in total. The van der Waals surface area contributed by atoms with Crippen molar-refractivity contribution >= 4 is 5.91 Å². The molecular weight excluding hydrogens is 262 g/mol. The Morgan fingerprint density at radius 2 is 2.19 bits per heavy atom. The molecule has 0 radical (unpaired) electrons. The highest BCUT2D eigenvalue weighted by Gasteiger charge is 2.42. The molecule has 0 aromatic heterocycles. The summed E-state index contributed by atoms with van der Waals surface area (Å²) >= 11 is 0. The molecule has 2 fully saturated rings. The van der Waals surface area contributed by atoms with Gasteiger partial charge in [0.05, 0.1) is 0 Å². The van der Waals surface area contributed by atoms with Crippen molar-refractivity contribution < 1.29 is 4.79 Å². The summed E-state index contributed by atoms with van der Waals surface area (Å²) in [5.41, 5.74) is 3.57. The van der Waals surface area contributed by atoms with Crippen LogP contribution in [0.4, 0.5) is 0 Å². The van der Waals surface area contributed by atoms with E-state index < -0.39 is 0 Å². The predicted molar refractivity (Wildman–Crippen MR) is 82.3 cm³/mol. The Balaban J connectivity index is 1.57. The van der Waals surface area contributed by atoms with Gasteiger partial charge < -0.3 is 15.1 Å². The summed E-state index contributed by atoms with van der Waals surface area (Å²) in [5.74, 6) is 0.917. The highest BCUT2D eigenvalue weighted by Crippen LogP contribution is 2.32. The zero-order valence-electron chi connectivity index (χ0n) is 12.6. The molecule has 4 nitrogen and oxygen atoms in total. The summed E-state index contributed by atoms with van der Waals surface area (Å²) in [4.78, 5) is 17.4. The van der Waals surface area contributed by atoms with Crippen molar-refractivity contribution in [2.75, 3.05) is 33.2 Å². The third-order valence-electron chi connectivity index (χ3n) is 5.33. The minimum absolute atomic E-state index is 0.235. The molecule has 21 heavy (non-hydrogen) atoms. The maximum atomic E-state index is 12.9. The van der Waals surface area contributed by atoms with Crippen LogP contribution >= 0.6 is 0 Å². The number of nitrogens with zero attached hydrogens (tertiary/aromatic N) is 2. The molecule has 3 heterocycles. The fraction of sp³-hybridized carbons (Fsp3) is 0.588. The monoisotopic (exact) mass is 285 g/mol. The van der Waals surface area contributed by atoms with Crippen LogP contribution in [0.25, 0.3) is 0 Å². The summed E-state index contributed by atoms with van der Waals surface area (Å²) in [7, 11) is 2.16. The van der Waals surface area contributed by atoms with Crippen molar-refractivity contribution in [3.63, 3.8) is 0 Å². The van der Waals surface area contributed by atoms with E-state index in [1.165, 1.54) is 11.1 Å². The number of amides is 1. The van der Waals surface area contributed by atoms with Gasteiger partial charge in [0.15, 0.2) is 0 Å². The fourth-order valence-corrected chi connectivity index (χ4v) is 4.20. The minimum atomic E-state index is 0.235. The van der Waals surface area contributed by atoms with Gasteiger partial charge in [0.25, 0.3) is 5.91 Å². The molecule has 4 heteroatoms. The van der Waals surface area contributed by atoms with Crippen LogP contribution < -0.4 is 5.32 Å². The van der Waals surface area contributed by atoms with Gasteiger partial charge in [-0.25, -0.2) is 0 Å². The zero-order chi connectivity index (χ0) is 14.4. The van der Waals surface area contributed by atoms with Crippen molar-refractivity contribution in [1.29, 1.82) is 0 Å². The molecule has 1 amide bonds. The first kappa shape index (κ1) is 13.3. The second-order valence-electron chi connectivity index (χ2n) is 6.75. The van der Waals surface area contributed by atoms with Gasteiger partial charge in [0.1, 0.15) is 0 Å². The van der Waals surface area contributed by atoms with E-state index in [1.807, 2.05) is 6.07 Å². The Morgan fingerprint density at radius 1 is 1.29 bits per heavy atom. The molecule has 0 aliphatic carbocycles. The second-order valence-corrected chi connectivity index (χ2v) is 6.75. The van der Waals surface area contributed by atoms with Gasteiger partial charge in [-0.1, -0.05) is 6.07 Å². The number of fused-ring (bicyclic) bond motifs is 2. The molecule has 1 aromatic carbocycles. The maximum absolute atomic E-state index is 12.9. The first-order valence-electron chi connectivity index (χ1n) is 8.04. The van der Waals surface area contributed by atoms with Crippen LogP contribution in [0.15, 0.2) is 18.2 Å². The standard InChI is InChI=1S/C17H23N3O/c1-19-10-15-5-7-20(16(15)11-19)17(21)13-2-3-14-9-18-6-4-12(14)8-13/h2-3,8,15-16,18H,4-7,9-11H2,1H3/t15-,16+/m0/s1. The highest BCUT2D eigenvalue weighted by atomic mass is 16.2. The Labute approximate surface area is 126 Å². The summed E-state index contributed by atoms with van der Waals surface area (Å²) in [5, 5.41) is 3.38. The van der Waals surface area contributed by atoms with Gasteiger partial charge in [-0.05, 0) is 55.6 Å². The van der Waals surface area contributed by atoms with Crippen molar-refractivity contribution in [2.24, 2.45) is 5.92 Å². The average Bonchev–Trinajstić information content (AvgIpc) is 3.05.